The quantitative estimate of drug-likeness (QED) is 0.316. The van der Waals surface area contributed by atoms with Crippen LogP contribution in [0.3, 0.4) is 0 Å². The Hall–Kier alpha value is -3.85. The number of aromatic hydroxyl groups is 1. The number of amides is 2. The second-order valence-corrected chi connectivity index (χ2v) is 7.98. The summed E-state index contributed by atoms with van der Waals surface area (Å²) in [6.07, 6.45) is 1.39. The number of nitro benzene ring substituents is 1. The number of hydrogen-bond donors (Lipinski definition) is 1. The summed E-state index contributed by atoms with van der Waals surface area (Å²) in [6.45, 7) is 1.98. The van der Waals surface area contributed by atoms with Crippen LogP contribution in [-0.4, -0.2) is 32.7 Å². The van der Waals surface area contributed by atoms with E-state index in [1.165, 1.54) is 12.1 Å². The summed E-state index contributed by atoms with van der Waals surface area (Å²) < 4.78 is 5.27. The van der Waals surface area contributed by atoms with Crippen LogP contribution in [0.25, 0.3) is 16.8 Å². The average Bonchev–Trinajstić information content (AvgIpc) is 3.03. The molecule has 0 spiro atoms. The number of rotatable bonds is 6. The van der Waals surface area contributed by atoms with E-state index in [0.29, 0.717) is 0 Å². The lowest BCUT2D eigenvalue weighted by Crippen LogP contribution is -2.27. The maximum absolute atomic E-state index is 13.0. The maximum atomic E-state index is 13.0. The fourth-order valence-corrected chi connectivity index (χ4v) is 4.33. The summed E-state index contributed by atoms with van der Waals surface area (Å²) in [5.74, 6) is -1.14. The molecule has 1 aliphatic heterocycles. The van der Waals surface area contributed by atoms with Crippen LogP contribution in [0.2, 0.25) is 0 Å². The molecule has 9 heteroatoms. The van der Waals surface area contributed by atoms with Gasteiger partial charge < -0.3 is 9.84 Å². The molecule has 0 atom stereocenters. The SMILES string of the molecule is CCOc1cc(/C=C2/SC(=O)N(Cc3cccc4ccccc34)C2=O)cc([N+](=O)[O-])c1O. The van der Waals surface area contributed by atoms with Gasteiger partial charge in [0.15, 0.2) is 5.75 Å². The first-order chi connectivity index (χ1) is 15.4. The molecule has 0 aromatic heterocycles. The molecule has 32 heavy (non-hydrogen) atoms. The molecule has 0 aliphatic carbocycles. The first kappa shape index (κ1) is 21.4. The predicted octanol–water partition coefficient (Wildman–Crippen LogP) is 5.09. The molecule has 1 N–H and O–H groups in total. The van der Waals surface area contributed by atoms with Crippen LogP contribution in [0.5, 0.6) is 11.5 Å². The number of nitrogens with zero attached hydrogens (tertiary/aromatic N) is 2. The summed E-state index contributed by atoms with van der Waals surface area (Å²) in [4.78, 5) is 37.4. The standard InChI is InChI=1S/C23H18N2O6S/c1-2-31-19-11-14(10-18(21(19)26)25(29)30)12-20-22(27)24(23(28)32-20)13-16-8-5-7-15-6-3-4-9-17(15)16/h3-12,26H,2,13H2,1H3/b20-12+. The van der Waals surface area contributed by atoms with E-state index in [0.717, 1.165) is 39.1 Å². The maximum Gasteiger partial charge on any atom is 0.315 e. The molecule has 0 bridgehead atoms. The van der Waals surface area contributed by atoms with Gasteiger partial charge in [0.05, 0.1) is 23.0 Å². The third-order valence-corrected chi connectivity index (χ3v) is 5.86. The van der Waals surface area contributed by atoms with E-state index in [-0.39, 0.29) is 29.4 Å². The molecular formula is C23H18N2O6S. The van der Waals surface area contributed by atoms with Gasteiger partial charge in [-0.15, -0.1) is 0 Å². The number of phenols is 1. The van der Waals surface area contributed by atoms with E-state index in [1.807, 2.05) is 42.5 Å². The third-order valence-electron chi connectivity index (χ3n) is 4.95. The monoisotopic (exact) mass is 450 g/mol. The van der Waals surface area contributed by atoms with Gasteiger partial charge in [0.1, 0.15) is 0 Å². The zero-order valence-corrected chi connectivity index (χ0v) is 17.8. The van der Waals surface area contributed by atoms with Gasteiger partial charge in [-0.2, -0.15) is 0 Å². The van der Waals surface area contributed by atoms with Crippen molar-refractivity contribution in [3.05, 3.63) is 80.7 Å². The van der Waals surface area contributed by atoms with Crippen LogP contribution in [0.15, 0.2) is 59.5 Å². The molecule has 1 aliphatic rings. The van der Waals surface area contributed by atoms with Crippen LogP contribution >= 0.6 is 11.8 Å². The highest BCUT2D eigenvalue weighted by Crippen LogP contribution is 2.40. The van der Waals surface area contributed by atoms with Crippen molar-refractivity contribution in [3.63, 3.8) is 0 Å². The van der Waals surface area contributed by atoms with Crippen molar-refractivity contribution in [3.8, 4) is 11.5 Å². The molecule has 1 saturated heterocycles. The Balaban J connectivity index is 1.66. The molecule has 0 radical (unpaired) electrons. The van der Waals surface area contributed by atoms with Gasteiger partial charge in [-0.1, -0.05) is 42.5 Å². The van der Waals surface area contributed by atoms with E-state index in [9.17, 15) is 24.8 Å². The van der Waals surface area contributed by atoms with Gasteiger partial charge in [0.25, 0.3) is 11.1 Å². The number of ether oxygens (including phenoxy) is 1. The summed E-state index contributed by atoms with van der Waals surface area (Å²) in [5.41, 5.74) is 0.566. The number of imide groups is 1. The van der Waals surface area contributed by atoms with E-state index in [4.69, 9.17) is 4.74 Å². The first-order valence-corrected chi connectivity index (χ1v) is 10.6. The van der Waals surface area contributed by atoms with E-state index >= 15 is 0 Å². The number of fused-ring (bicyclic) bond motifs is 1. The summed E-state index contributed by atoms with van der Waals surface area (Å²) >= 11 is 0.764. The minimum Gasteiger partial charge on any atom is -0.500 e. The number of carbonyl (C=O) groups is 2. The van der Waals surface area contributed by atoms with E-state index in [1.54, 1.807) is 6.92 Å². The van der Waals surface area contributed by atoms with Crippen molar-refractivity contribution in [2.24, 2.45) is 0 Å². The zero-order chi connectivity index (χ0) is 22.8. The second-order valence-electron chi connectivity index (χ2n) is 6.98. The van der Waals surface area contributed by atoms with Crippen molar-refractivity contribution >= 4 is 45.4 Å². The van der Waals surface area contributed by atoms with Gasteiger partial charge in [-0.3, -0.25) is 24.6 Å². The minimum atomic E-state index is -0.735. The lowest BCUT2D eigenvalue weighted by atomic mass is 10.0. The van der Waals surface area contributed by atoms with Gasteiger partial charge in [-0.05, 0) is 52.7 Å². The molecule has 1 heterocycles. The topological polar surface area (TPSA) is 110 Å². The van der Waals surface area contributed by atoms with Crippen molar-refractivity contribution in [1.29, 1.82) is 0 Å². The molecule has 2 amide bonds. The van der Waals surface area contributed by atoms with Gasteiger partial charge >= 0.3 is 5.69 Å². The normalized spacial score (nSPS) is 15.0. The Morgan fingerprint density at radius 2 is 1.91 bits per heavy atom. The molecule has 8 nitrogen and oxygen atoms in total. The lowest BCUT2D eigenvalue weighted by molar-refractivity contribution is -0.386. The fraction of sp³-hybridized carbons (Fsp3) is 0.130. The number of thioether (sulfide) groups is 1. The fourth-order valence-electron chi connectivity index (χ4n) is 3.49. The Kier molecular flexibility index (Phi) is 5.83. The van der Waals surface area contributed by atoms with E-state index in [2.05, 4.69) is 0 Å². The Bertz CT molecular complexity index is 1280. The highest BCUT2D eigenvalue weighted by Gasteiger charge is 2.35. The number of hydrogen-bond acceptors (Lipinski definition) is 7. The number of carbonyl (C=O) groups excluding carboxylic acids is 2. The van der Waals surface area contributed by atoms with Crippen LogP contribution in [0, 0.1) is 10.1 Å². The molecular weight excluding hydrogens is 432 g/mol. The average molecular weight is 450 g/mol. The highest BCUT2D eigenvalue weighted by molar-refractivity contribution is 8.18. The molecule has 3 aromatic rings. The molecule has 1 fully saturated rings. The minimum absolute atomic E-state index is 0.0667. The highest BCUT2D eigenvalue weighted by atomic mass is 32.2. The van der Waals surface area contributed by atoms with Gasteiger partial charge in [0.2, 0.25) is 5.75 Å². The van der Waals surface area contributed by atoms with Crippen molar-refractivity contribution < 1.29 is 24.4 Å². The summed E-state index contributed by atoms with van der Waals surface area (Å²) in [6, 6.07) is 15.9. The second kappa shape index (κ2) is 8.72. The van der Waals surface area contributed by atoms with Crippen molar-refractivity contribution in [2.75, 3.05) is 6.61 Å². The van der Waals surface area contributed by atoms with Gasteiger partial charge in [-0.25, -0.2) is 0 Å². The molecule has 0 saturated carbocycles. The molecule has 0 unspecified atom stereocenters. The largest absolute Gasteiger partial charge is 0.500 e. The first-order valence-electron chi connectivity index (χ1n) is 9.75. The van der Waals surface area contributed by atoms with Crippen LogP contribution in [-0.2, 0) is 11.3 Å². The van der Waals surface area contributed by atoms with E-state index < -0.39 is 27.5 Å². The molecule has 3 aromatic carbocycles. The third kappa shape index (κ3) is 4.02. The predicted molar refractivity (Wildman–Crippen MR) is 121 cm³/mol. The van der Waals surface area contributed by atoms with Crippen LogP contribution in [0.1, 0.15) is 18.1 Å². The Morgan fingerprint density at radius 1 is 1.16 bits per heavy atom. The Morgan fingerprint density at radius 3 is 2.66 bits per heavy atom. The summed E-state index contributed by atoms with van der Waals surface area (Å²) in [5, 5.41) is 22.9. The Labute approximate surface area is 187 Å². The van der Waals surface area contributed by atoms with Crippen LogP contribution < -0.4 is 4.74 Å². The molecule has 162 valence electrons. The van der Waals surface area contributed by atoms with Crippen LogP contribution in [0.4, 0.5) is 10.5 Å². The lowest BCUT2D eigenvalue weighted by Gasteiger charge is -2.14. The van der Waals surface area contributed by atoms with Crippen molar-refractivity contribution in [2.45, 2.75) is 13.5 Å². The number of phenolic OH excluding ortho intramolecular Hbond substituents is 1. The number of benzene rings is 3. The molecule has 4 rings (SSSR count). The summed E-state index contributed by atoms with van der Waals surface area (Å²) in [7, 11) is 0. The van der Waals surface area contributed by atoms with Crippen molar-refractivity contribution in [1.82, 2.24) is 4.90 Å². The zero-order valence-electron chi connectivity index (χ0n) is 17.0. The smallest absolute Gasteiger partial charge is 0.315 e. The number of nitro groups is 1. The van der Waals surface area contributed by atoms with Gasteiger partial charge in [0, 0.05) is 6.07 Å².